The van der Waals surface area contributed by atoms with Crippen LogP contribution in [-0.4, -0.2) is 86.3 Å². The molecule has 1 aliphatic carbocycles. The van der Waals surface area contributed by atoms with E-state index in [9.17, 15) is 14.4 Å². The lowest BCUT2D eigenvalue weighted by Gasteiger charge is -2.32. The molecule has 1 aliphatic heterocycles. The van der Waals surface area contributed by atoms with Crippen molar-refractivity contribution in [2.45, 2.75) is 31.7 Å². The highest BCUT2D eigenvalue weighted by atomic mass is 16.2. The van der Waals surface area contributed by atoms with Gasteiger partial charge in [-0.05, 0) is 19.9 Å². The van der Waals surface area contributed by atoms with Crippen molar-refractivity contribution in [3.8, 4) is 0 Å². The molecule has 11 heteroatoms. The van der Waals surface area contributed by atoms with Crippen LogP contribution < -0.4 is 16.6 Å². The molecule has 1 N–H and O–H groups in total. The van der Waals surface area contributed by atoms with Gasteiger partial charge in [-0.25, -0.2) is 9.78 Å². The van der Waals surface area contributed by atoms with Crippen molar-refractivity contribution >= 4 is 17.1 Å². The highest BCUT2D eigenvalue weighted by Crippen LogP contribution is 2.29. The zero-order valence-electron chi connectivity index (χ0n) is 17.5. The fourth-order valence-corrected chi connectivity index (χ4v) is 4.19. The van der Waals surface area contributed by atoms with E-state index >= 15 is 0 Å². The zero-order chi connectivity index (χ0) is 21.3. The highest BCUT2D eigenvalue weighted by molar-refractivity contribution is 5.91. The van der Waals surface area contributed by atoms with Crippen LogP contribution in [0.1, 0.15) is 42.3 Å². The normalized spacial score (nSPS) is 18.9. The van der Waals surface area contributed by atoms with E-state index < -0.39 is 17.2 Å². The third kappa shape index (κ3) is 3.99. The van der Waals surface area contributed by atoms with E-state index in [0.29, 0.717) is 6.54 Å². The quantitative estimate of drug-likeness (QED) is 0.658. The van der Waals surface area contributed by atoms with Crippen molar-refractivity contribution in [2.24, 2.45) is 7.05 Å². The Balaban J connectivity index is 1.53. The molecule has 0 radical (unpaired) electrons. The summed E-state index contributed by atoms with van der Waals surface area (Å²) >= 11 is 0. The standard InChI is InChI=1S/C19H28N8O3/c1-24-9-11-26(12-10-24)8-7-20-17(28)15-21-14-16(23-22-15)27(13-5-3-4-6-13)19(30)25(2)18(14)29/h13H,3-12H2,1-2H3,(H,20,28). The van der Waals surface area contributed by atoms with Crippen LogP contribution in [0.5, 0.6) is 0 Å². The molecule has 3 heterocycles. The van der Waals surface area contributed by atoms with E-state index in [0.717, 1.165) is 63.0 Å². The lowest BCUT2D eigenvalue weighted by molar-refractivity contribution is 0.0930. The summed E-state index contributed by atoms with van der Waals surface area (Å²) < 4.78 is 2.54. The summed E-state index contributed by atoms with van der Waals surface area (Å²) in [6.45, 7) is 5.16. The molecular weight excluding hydrogens is 388 g/mol. The molecule has 1 saturated carbocycles. The molecule has 2 aromatic rings. The summed E-state index contributed by atoms with van der Waals surface area (Å²) in [5.41, 5.74) is -0.822. The van der Waals surface area contributed by atoms with Gasteiger partial charge in [0.15, 0.2) is 11.2 Å². The number of nitrogens with zero attached hydrogens (tertiary/aromatic N) is 7. The van der Waals surface area contributed by atoms with Gasteiger partial charge in [0, 0.05) is 52.4 Å². The molecule has 162 valence electrons. The second-order valence-corrected chi connectivity index (χ2v) is 8.16. The molecule has 0 atom stereocenters. The molecule has 0 bridgehead atoms. The SMILES string of the molecule is CN1CCN(CCNC(=O)c2nnc3c(n2)c(=O)n(C)c(=O)n3C2CCCC2)CC1. The fourth-order valence-electron chi connectivity index (χ4n) is 4.19. The fraction of sp³-hybridized carbons (Fsp3) is 0.684. The van der Waals surface area contributed by atoms with Crippen molar-refractivity contribution in [3.63, 3.8) is 0 Å². The van der Waals surface area contributed by atoms with E-state index in [1.165, 1.54) is 11.6 Å². The van der Waals surface area contributed by atoms with Crippen LogP contribution in [0.4, 0.5) is 0 Å². The Kier molecular flexibility index (Phi) is 5.91. The minimum Gasteiger partial charge on any atom is -0.348 e. The molecule has 30 heavy (non-hydrogen) atoms. The van der Waals surface area contributed by atoms with Crippen molar-refractivity contribution < 1.29 is 4.79 Å². The third-order valence-electron chi connectivity index (χ3n) is 6.10. The van der Waals surface area contributed by atoms with Crippen molar-refractivity contribution in [1.82, 2.24) is 39.4 Å². The predicted molar refractivity (Wildman–Crippen MR) is 111 cm³/mol. The Morgan fingerprint density at radius 2 is 1.77 bits per heavy atom. The number of piperazine rings is 1. The van der Waals surface area contributed by atoms with E-state index in [1.54, 1.807) is 0 Å². The first kappa shape index (κ1) is 20.6. The molecule has 2 aliphatic rings. The lowest BCUT2D eigenvalue weighted by Crippen LogP contribution is -2.47. The first-order valence-corrected chi connectivity index (χ1v) is 10.5. The monoisotopic (exact) mass is 416 g/mol. The Morgan fingerprint density at radius 1 is 1.07 bits per heavy atom. The molecule has 0 spiro atoms. The number of fused-ring (bicyclic) bond motifs is 1. The van der Waals surface area contributed by atoms with Gasteiger partial charge in [-0.2, -0.15) is 0 Å². The Labute approximate surface area is 173 Å². The van der Waals surface area contributed by atoms with Gasteiger partial charge in [-0.1, -0.05) is 12.8 Å². The van der Waals surface area contributed by atoms with Crippen LogP contribution in [0, 0.1) is 0 Å². The van der Waals surface area contributed by atoms with Crippen LogP contribution in [-0.2, 0) is 7.05 Å². The first-order valence-electron chi connectivity index (χ1n) is 10.5. The number of hydrogen-bond acceptors (Lipinski definition) is 8. The summed E-state index contributed by atoms with van der Waals surface area (Å²) in [5, 5.41) is 10.8. The molecule has 11 nitrogen and oxygen atoms in total. The highest BCUT2D eigenvalue weighted by Gasteiger charge is 2.25. The first-order chi connectivity index (χ1) is 14.5. The van der Waals surface area contributed by atoms with Crippen molar-refractivity contribution in [1.29, 1.82) is 0 Å². The van der Waals surface area contributed by atoms with E-state index in [-0.39, 0.29) is 23.0 Å². The number of hydrogen-bond donors (Lipinski definition) is 1. The summed E-state index contributed by atoms with van der Waals surface area (Å²) in [6, 6.07) is -0.0221. The van der Waals surface area contributed by atoms with Gasteiger partial charge in [0.1, 0.15) is 0 Å². The Bertz CT molecular complexity index is 1050. The maximum absolute atomic E-state index is 12.7. The molecular formula is C19H28N8O3. The Morgan fingerprint density at radius 3 is 2.47 bits per heavy atom. The maximum Gasteiger partial charge on any atom is 0.332 e. The number of nitrogens with one attached hydrogen (secondary N) is 1. The molecule has 2 fully saturated rings. The van der Waals surface area contributed by atoms with Gasteiger partial charge in [-0.3, -0.25) is 23.6 Å². The molecule has 1 amide bonds. The van der Waals surface area contributed by atoms with E-state index in [4.69, 9.17) is 0 Å². The summed E-state index contributed by atoms with van der Waals surface area (Å²) in [5.74, 6) is -0.631. The van der Waals surface area contributed by atoms with Gasteiger partial charge < -0.3 is 10.2 Å². The molecule has 0 aromatic carbocycles. The minimum absolute atomic E-state index is 0.00298. The topological polar surface area (TPSA) is 118 Å². The van der Waals surface area contributed by atoms with Crippen LogP contribution in [0.3, 0.4) is 0 Å². The Hall–Kier alpha value is -2.66. The average Bonchev–Trinajstić information content (AvgIpc) is 3.28. The lowest BCUT2D eigenvalue weighted by atomic mass is 10.2. The summed E-state index contributed by atoms with van der Waals surface area (Å²) in [6.07, 6.45) is 3.75. The van der Waals surface area contributed by atoms with Crippen LogP contribution in [0.25, 0.3) is 11.2 Å². The van der Waals surface area contributed by atoms with Gasteiger partial charge in [0.25, 0.3) is 11.5 Å². The molecule has 0 unspecified atom stereocenters. The number of carbonyl (C=O) groups excluding carboxylic acids is 1. The zero-order valence-corrected chi connectivity index (χ0v) is 17.5. The number of amides is 1. The van der Waals surface area contributed by atoms with Crippen LogP contribution in [0.2, 0.25) is 0 Å². The van der Waals surface area contributed by atoms with Gasteiger partial charge >= 0.3 is 5.69 Å². The predicted octanol–water partition coefficient (Wildman–Crippen LogP) is -1.02. The minimum atomic E-state index is -0.564. The molecule has 1 saturated heterocycles. The van der Waals surface area contributed by atoms with Gasteiger partial charge in [0.2, 0.25) is 5.82 Å². The number of aromatic nitrogens is 5. The number of likely N-dealkylation sites (N-methyl/N-ethyl adjacent to an activating group) is 1. The summed E-state index contributed by atoms with van der Waals surface area (Å²) in [4.78, 5) is 46.5. The van der Waals surface area contributed by atoms with Gasteiger partial charge in [0.05, 0.1) is 0 Å². The molecule has 4 rings (SSSR count). The number of carbonyl (C=O) groups is 1. The van der Waals surface area contributed by atoms with Crippen molar-refractivity contribution in [3.05, 3.63) is 26.7 Å². The second-order valence-electron chi connectivity index (χ2n) is 8.16. The van der Waals surface area contributed by atoms with Crippen molar-refractivity contribution in [2.75, 3.05) is 46.3 Å². The van der Waals surface area contributed by atoms with Crippen LogP contribution in [0.15, 0.2) is 9.59 Å². The summed E-state index contributed by atoms with van der Waals surface area (Å²) in [7, 11) is 3.52. The largest absolute Gasteiger partial charge is 0.348 e. The molecule has 2 aromatic heterocycles. The van der Waals surface area contributed by atoms with E-state index in [1.807, 2.05) is 0 Å². The van der Waals surface area contributed by atoms with Gasteiger partial charge in [-0.15, -0.1) is 10.2 Å². The van der Waals surface area contributed by atoms with Crippen LogP contribution >= 0.6 is 0 Å². The smallest absolute Gasteiger partial charge is 0.332 e. The average molecular weight is 416 g/mol. The maximum atomic E-state index is 12.7. The third-order valence-corrected chi connectivity index (χ3v) is 6.10. The number of rotatable bonds is 5. The van der Waals surface area contributed by atoms with E-state index in [2.05, 4.69) is 37.3 Å². The second kappa shape index (κ2) is 8.60.